The Balaban J connectivity index is 1.40. The van der Waals surface area contributed by atoms with Crippen molar-refractivity contribution in [1.82, 2.24) is 5.43 Å². The van der Waals surface area contributed by atoms with Gasteiger partial charge in [-0.3, -0.25) is 9.10 Å². The Kier molecular flexibility index (Phi) is 11.0. The molecule has 0 atom stereocenters. The summed E-state index contributed by atoms with van der Waals surface area (Å²) in [6.07, 6.45) is 1.46. The van der Waals surface area contributed by atoms with Crippen LogP contribution in [0.4, 0.5) is 5.69 Å². The molecule has 1 amide bonds. The number of hydrogen-bond donors (Lipinski definition) is 1. The maximum Gasteiger partial charge on any atom is 0.273 e. The minimum atomic E-state index is -4.09. The van der Waals surface area contributed by atoms with Crippen LogP contribution in [-0.2, 0) is 23.2 Å². The van der Waals surface area contributed by atoms with Crippen molar-refractivity contribution in [3.63, 3.8) is 0 Å². The summed E-state index contributed by atoms with van der Waals surface area (Å²) in [6, 6.07) is 33.2. The molecule has 5 aromatic carbocycles. The van der Waals surface area contributed by atoms with Crippen molar-refractivity contribution in [2.24, 2.45) is 5.10 Å². The molecule has 0 heterocycles. The number of carbonyl (C=O) groups excluding carboxylic acids is 1. The van der Waals surface area contributed by atoms with Gasteiger partial charge in [0.2, 0.25) is 0 Å². The third-order valence-electron chi connectivity index (χ3n) is 7.12. The largest absolute Gasteiger partial charge is 0.493 e. The number of benzene rings is 5. The van der Waals surface area contributed by atoms with Gasteiger partial charge < -0.3 is 9.47 Å². The fourth-order valence-electron chi connectivity index (χ4n) is 4.69. The first-order chi connectivity index (χ1) is 22.7. The van der Waals surface area contributed by atoms with Gasteiger partial charge in [-0.25, -0.2) is 13.8 Å². The lowest BCUT2D eigenvalue weighted by Crippen LogP contribution is -2.33. The van der Waals surface area contributed by atoms with Gasteiger partial charge in [0.15, 0.2) is 11.5 Å². The molecule has 0 saturated heterocycles. The molecule has 5 aromatic rings. The predicted molar refractivity (Wildman–Crippen MR) is 189 cm³/mol. The molecular weight excluding hydrogens is 702 g/mol. The summed E-state index contributed by atoms with van der Waals surface area (Å²) >= 11 is 9.63. The van der Waals surface area contributed by atoms with Gasteiger partial charge in [0.05, 0.1) is 40.5 Å². The maximum atomic E-state index is 14.0. The van der Waals surface area contributed by atoms with E-state index in [0.29, 0.717) is 38.7 Å². The van der Waals surface area contributed by atoms with Crippen LogP contribution in [0.5, 0.6) is 11.5 Å². The molecule has 1 N–H and O–H groups in total. The van der Waals surface area contributed by atoms with Crippen LogP contribution in [0.1, 0.15) is 32.6 Å². The highest BCUT2D eigenvalue weighted by Gasteiger charge is 2.28. The number of hydrazone groups is 1. The van der Waals surface area contributed by atoms with Gasteiger partial charge in [-0.15, -0.1) is 0 Å². The number of sulfonamides is 1. The minimum Gasteiger partial charge on any atom is -0.493 e. The molecule has 0 aliphatic rings. The quantitative estimate of drug-likeness (QED) is 0.103. The van der Waals surface area contributed by atoms with E-state index < -0.39 is 15.9 Å². The number of ether oxygens (including phenoxy) is 2. The highest BCUT2D eigenvalue weighted by atomic mass is 79.9. The van der Waals surface area contributed by atoms with Crippen LogP contribution in [0.2, 0.25) is 5.02 Å². The fourth-order valence-corrected chi connectivity index (χ4v) is 6.86. The van der Waals surface area contributed by atoms with Crippen LogP contribution in [-0.4, -0.2) is 27.6 Å². The van der Waals surface area contributed by atoms with Gasteiger partial charge in [0.25, 0.3) is 15.9 Å². The number of methoxy groups -OCH3 is 1. The summed E-state index contributed by atoms with van der Waals surface area (Å²) in [7, 11) is -2.55. The van der Waals surface area contributed by atoms with E-state index in [2.05, 4.69) is 26.5 Å². The maximum absolute atomic E-state index is 14.0. The summed E-state index contributed by atoms with van der Waals surface area (Å²) in [5, 5.41) is 4.68. The zero-order chi connectivity index (χ0) is 33.4. The summed E-state index contributed by atoms with van der Waals surface area (Å²) < 4.78 is 41.5. The van der Waals surface area contributed by atoms with Crippen molar-refractivity contribution >= 4 is 55.4 Å². The molecule has 0 spiro atoms. The van der Waals surface area contributed by atoms with E-state index in [1.807, 2.05) is 37.3 Å². The second-order valence-corrected chi connectivity index (χ2v) is 13.6. The fraction of sp³-hybridized carbons (Fsp3) is 0.111. The Morgan fingerprint density at radius 2 is 1.60 bits per heavy atom. The molecule has 5 rings (SSSR count). The van der Waals surface area contributed by atoms with Gasteiger partial charge in [-0.1, -0.05) is 83.9 Å². The lowest BCUT2D eigenvalue weighted by atomic mass is 10.1. The summed E-state index contributed by atoms with van der Waals surface area (Å²) in [5.74, 6) is 0.417. The smallest absolute Gasteiger partial charge is 0.273 e. The molecule has 240 valence electrons. The highest BCUT2D eigenvalue weighted by molar-refractivity contribution is 9.10. The van der Waals surface area contributed by atoms with E-state index in [1.165, 1.54) is 17.6 Å². The Labute approximate surface area is 287 Å². The van der Waals surface area contributed by atoms with Crippen molar-refractivity contribution in [2.75, 3.05) is 11.4 Å². The average molecular weight is 733 g/mol. The molecule has 0 saturated carbocycles. The molecule has 0 bridgehead atoms. The molecule has 0 aliphatic heterocycles. The number of nitrogens with one attached hydrogen (secondary N) is 1. The van der Waals surface area contributed by atoms with Gasteiger partial charge >= 0.3 is 0 Å². The number of para-hydroxylation sites is 1. The first-order valence-electron chi connectivity index (χ1n) is 14.5. The molecule has 0 radical (unpaired) electrons. The van der Waals surface area contributed by atoms with Crippen LogP contribution in [0.3, 0.4) is 0 Å². The summed E-state index contributed by atoms with van der Waals surface area (Å²) in [4.78, 5) is 13.6. The van der Waals surface area contributed by atoms with Crippen LogP contribution in [0.25, 0.3) is 0 Å². The zero-order valence-electron chi connectivity index (χ0n) is 25.6. The molecule has 11 heteroatoms. The molecule has 8 nitrogen and oxygen atoms in total. The van der Waals surface area contributed by atoms with Crippen molar-refractivity contribution in [3.05, 3.63) is 153 Å². The number of aryl methyl sites for hydroxylation is 1. The van der Waals surface area contributed by atoms with Crippen LogP contribution < -0.4 is 19.2 Å². The highest BCUT2D eigenvalue weighted by Crippen LogP contribution is 2.37. The number of nitrogens with zero attached hydrogens (tertiary/aromatic N) is 2. The number of amides is 1. The number of rotatable bonds is 12. The van der Waals surface area contributed by atoms with E-state index in [4.69, 9.17) is 21.1 Å². The van der Waals surface area contributed by atoms with Crippen molar-refractivity contribution in [1.29, 1.82) is 0 Å². The van der Waals surface area contributed by atoms with Crippen molar-refractivity contribution < 1.29 is 22.7 Å². The molecule has 47 heavy (non-hydrogen) atoms. The van der Waals surface area contributed by atoms with Gasteiger partial charge in [0.1, 0.15) is 6.61 Å². The van der Waals surface area contributed by atoms with E-state index in [1.54, 1.807) is 84.9 Å². The summed E-state index contributed by atoms with van der Waals surface area (Å²) in [5.41, 5.74) is 6.10. The lowest BCUT2D eigenvalue weighted by molar-refractivity contribution is 0.0955. The number of halogens is 2. The van der Waals surface area contributed by atoms with Gasteiger partial charge in [-0.2, -0.15) is 5.10 Å². The first kappa shape index (κ1) is 33.7. The second kappa shape index (κ2) is 15.3. The number of carbonyl (C=O) groups is 1. The van der Waals surface area contributed by atoms with E-state index in [-0.39, 0.29) is 22.7 Å². The SMILES string of the molecule is COc1cc(/C=N\NC(=O)c2ccccc2N(Cc2ccc(Cl)cc2)S(=O)(=O)c2ccc(C)cc2)cc(Br)c1OCc1ccccc1. The van der Waals surface area contributed by atoms with E-state index >= 15 is 0 Å². The third kappa shape index (κ3) is 8.40. The Morgan fingerprint density at radius 3 is 2.30 bits per heavy atom. The van der Waals surface area contributed by atoms with Crippen LogP contribution >= 0.6 is 27.5 Å². The Bertz CT molecular complexity index is 1990. The first-order valence-corrected chi connectivity index (χ1v) is 17.1. The molecule has 0 aliphatic carbocycles. The Morgan fingerprint density at radius 1 is 0.915 bits per heavy atom. The monoisotopic (exact) mass is 731 g/mol. The standard InChI is InChI=1S/C36H31BrClN3O5S/c1-25-12-18-30(19-13-25)47(43,44)41(23-26-14-16-29(38)17-15-26)33-11-7-6-10-31(33)36(42)40-39-22-28-20-32(37)35(34(21-28)45-2)46-24-27-8-4-3-5-9-27/h3-22H,23-24H2,1-2H3,(H,40,42)/b39-22-. The number of anilines is 1. The van der Waals surface area contributed by atoms with E-state index in [9.17, 15) is 13.2 Å². The number of hydrogen-bond acceptors (Lipinski definition) is 6. The van der Waals surface area contributed by atoms with Crippen molar-refractivity contribution in [3.8, 4) is 11.5 Å². The predicted octanol–water partition coefficient (Wildman–Crippen LogP) is 8.16. The van der Waals surface area contributed by atoms with E-state index in [0.717, 1.165) is 11.1 Å². The molecule has 0 unspecified atom stereocenters. The van der Waals surface area contributed by atoms with Crippen LogP contribution in [0.15, 0.2) is 130 Å². The van der Waals surface area contributed by atoms with Crippen LogP contribution in [0, 0.1) is 6.92 Å². The Hall–Kier alpha value is -4.64. The van der Waals surface area contributed by atoms with Gasteiger partial charge in [0, 0.05) is 5.02 Å². The van der Waals surface area contributed by atoms with Crippen molar-refractivity contribution in [2.45, 2.75) is 25.0 Å². The third-order valence-corrected chi connectivity index (χ3v) is 9.74. The molecular formula is C36H31BrClN3O5S. The molecule has 0 aromatic heterocycles. The average Bonchev–Trinajstić information content (AvgIpc) is 3.08. The van der Waals surface area contributed by atoms with Gasteiger partial charge in [-0.05, 0) is 88.1 Å². The minimum absolute atomic E-state index is 0.0343. The lowest BCUT2D eigenvalue weighted by Gasteiger charge is -2.26. The topological polar surface area (TPSA) is 97.3 Å². The molecule has 0 fully saturated rings. The zero-order valence-corrected chi connectivity index (χ0v) is 28.7. The summed E-state index contributed by atoms with van der Waals surface area (Å²) in [6.45, 7) is 2.20. The second-order valence-electron chi connectivity index (χ2n) is 10.5. The normalized spacial score (nSPS) is 11.3.